The molecular formula is C14H20N2. The van der Waals surface area contributed by atoms with Gasteiger partial charge in [0.25, 0.3) is 0 Å². The summed E-state index contributed by atoms with van der Waals surface area (Å²) < 4.78 is 2.29. The van der Waals surface area contributed by atoms with Crippen molar-refractivity contribution in [1.29, 1.82) is 0 Å². The number of aryl methyl sites for hydroxylation is 3. The summed E-state index contributed by atoms with van der Waals surface area (Å²) in [5, 5.41) is 1.41. The van der Waals surface area contributed by atoms with Gasteiger partial charge in [0, 0.05) is 18.1 Å². The molecule has 16 heavy (non-hydrogen) atoms. The highest BCUT2D eigenvalue weighted by molar-refractivity contribution is 5.91. The van der Waals surface area contributed by atoms with Crippen LogP contribution in [0.25, 0.3) is 10.9 Å². The second-order valence-corrected chi connectivity index (χ2v) is 4.58. The molecule has 1 heterocycles. The Labute approximate surface area is 97.1 Å². The van der Waals surface area contributed by atoms with Gasteiger partial charge in [-0.1, -0.05) is 12.1 Å². The van der Waals surface area contributed by atoms with Crippen LogP contribution in [0.2, 0.25) is 0 Å². The van der Waals surface area contributed by atoms with Gasteiger partial charge in [0.15, 0.2) is 0 Å². The van der Waals surface area contributed by atoms with Crippen LogP contribution in [0.5, 0.6) is 0 Å². The van der Waals surface area contributed by atoms with Crippen LogP contribution in [-0.2, 0) is 13.5 Å². The van der Waals surface area contributed by atoms with Crippen LogP contribution in [0.3, 0.4) is 0 Å². The van der Waals surface area contributed by atoms with Crippen molar-refractivity contribution in [2.24, 2.45) is 12.8 Å². The Kier molecular flexibility index (Phi) is 2.76. The van der Waals surface area contributed by atoms with Crippen LogP contribution in [-0.4, -0.2) is 11.1 Å². The lowest BCUT2D eigenvalue weighted by atomic mass is 10.0. The summed E-state index contributed by atoms with van der Waals surface area (Å²) in [6, 6.07) is 4.40. The molecule has 0 unspecified atom stereocenters. The van der Waals surface area contributed by atoms with Crippen LogP contribution >= 0.6 is 0 Å². The number of fused-ring (bicyclic) bond motifs is 1. The summed E-state index contributed by atoms with van der Waals surface area (Å²) in [5.74, 6) is 0. The summed E-state index contributed by atoms with van der Waals surface area (Å²) in [6.07, 6.45) is 0.966. The molecule has 0 bridgehead atoms. The molecule has 0 saturated carbocycles. The zero-order valence-corrected chi connectivity index (χ0v) is 10.6. The molecule has 0 aliphatic carbocycles. The van der Waals surface area contributed by atoms with Gasteiger partial charge in [-0.25, -0.2) is 0 Å². The van der Waals surface area contributed by atoms with Gasteiger partial charge in [-0.2, -0.15) is 0 Å². The topological polar surface area (TPSA) is 30.9 Å². The molecule has 0 aliphatic heterocycles. The lowest BCUT2D eigenvalue weighted by Crippen LogP contribution is -2.04. The molecule has 0 spiro atoms. The van der Waals surface area contributed by atoms with Gasteiger partial charge in [-0.3, -0.25) is 0 Å². The van der Waals surface area contributed by atoms with Crippen molar-refractivity contribution in [3.05, 3.63) is 34.5 Å². The van der Waals surface area contributed by atoms with Crippen molar-refractivity contribution in [2.45, 2.75) is 27.2 Å². The SMILES string of the molecule is Cc1ccc(C)c2c1c(CCN)c(C)n2C. The van der Waals surface area contributed by atoms with E-state index in [4.69, 9.17) is 5.73 Å². The van der Waals surface area contributed by atoms with E-state index < -0.39 is 0 Å². The van der Waals surface area contributed by atoms with Gasteiger partial charge in [-0.05, 0) is 50.4 Å². The number of hydrogen-bond acceptors (Lipinski definition) is 1. The highest BCUT2D eigenvalue weighted by Crippen LogP contribution is 2.30. The standard InChI is InChI=1S/C14H20N2/c1-9-5-6-10(2)14-13(9)12(7-8-15)11(3)16(14)4/h5-6H,7-8,15H2,1-4H3. The predicted molar refractivity (Wildman–Crippen MR) is 69.9 cm³/mol. The first-order chi connectivity index (χ1) is 7.57. The second kappa shape index (κ2) is 3.95. The van der Waals surface area contributed by atoms with Crippen molar-refractivity contribution in [1.82, 2.24) is 4.57 Å². The number of hydrogen-bond donors (Lipinski definition) is 1. The summed E-state index contributed by atoms with van der Waals surface area (Å²) in [7, 11) is 2.14. The van der Waals surface area contributed by atoms with E-state index in [1.165, 1.54) is 33.3 Å². The first-order valence-electron chi connectivity index (χ1n) is 5.82. The van der Waals surface area contributed by atoms with Crippen LogP contribution in [0.4, 0.5) is 0 Å². The normalized spacial score (nSPS) is 11.3. The highest BCUT2D eigenvalue weighted by Gasteiger charge is 2.14. The van der Waals surface area contributed by atoms with Gasteiger partial charge in [0.2, 0.25) is 0 Å². The van der Waals surface area contributed by atoms with Crippen LogP contribution < -0.4 is 5.73 Å². The molecule has 1 aromatic heterocycles. The minimum Gasteiger partial charge on any atom is -0.347 e. The first-order valence-corrected chi connectivity index (χ1v) is 5.82. The monoisotopic (exact) mass is 216 g/mol. The van der Waals surface area contributed by atoms with E-state index in [9.17, 15) is 0 Å². The van der Waals surface area contributed by atoms with Crippen molar-refractivity contribution in [3.63, 3.8) is 0 Å². The van der Waals surface area contributed by atoms with Gasteiger partial charge in [0.05, 0.1) is 5.52 Å². The molecule has 0 aliphatic rings. The van der Waals surface area contributed by atoms with E-state index in [0.29, 0.717) is 6.54 Å². The van der Waals surface area contributed by atoms with Gasteiger partial charge >= 0.3 is 0 Å². The lowest BCUT2D eigenvalue weighted by molar-refractivity contribution is 0.880. The first kappa shape index (κ1) is 11.2. The number of aromatic nitrogens is 1. The van der Waals surface area contributed by atoms with Gasteiger partial charge < -0.3 is 10.3 Å². The maximum absolute atomic E-state index is 5.71. The minimum absolute atomic E-state index is 0.716. The number of rotatable bonds is 2. The summed E-state index contributed by atoms with van der Waals surface area (Å²) in [4.78, 5) is 0. The fraction of sp³-hybridized carbons (Fsp3) is 0.429. The highest BCUT2D eigenvalue weighted by atomic mass is 14.9. The zero-order chi connectivity index (χ0) is 11.9. The third kappa shape index (κ3) is 1.45. The van der Waals surface area contributed by atoms with Gasteiger partial charge in [-0.15, -0.1) is 0 Å². The Morgan fingerprint density at radius 1 is 1.12 bits per heavy atom. The average Bonchev–Trinajstić information content (AvgIpc) is 2.50. The Hall–Kier alpha value is -1.28. The molecule has 2 N–H and O–H groups in total. The van der Waals surface area contributed by atoms with Gasteiger partial charge in [0.1, 0.15) is 0 Å². The Morgan fingerprint density at radius 3 is 2.38 bits per heavy atom. The van der Waals surface area contributed by atoms with Crippen LogP contribution in [0.1, 0.15) is 22.4 Å². The van der Waals surface area contributed by atoms with Crippen molar-refractivity contribution in [3.8, 4) is 0 Å². The maximum Gasteiger partial charge on any atom is 0.0515 e. The van der Waals surface area contributed by atoms with Crippen molar-refractivity contribution >= 4 is 10.9 Å². The number of benzene rings is 1. The van der Waals surface area contributed by atoms with Crippen molar-refractivity contribution < 1.29 is 0 Å². The molecule has 86 valence electrons. The number of nitrogens with zero attached hydrogens (tertiary/aromatic N) is 1. The Morgan fingerprint density at radius 2 is 1.75 bits per heavy atom. The molecule has 1 aromatic carbocycles. The molecule has 0 amide bonds. The number of nitrogens with two attached hydrogens (primary N) is 1. The van der Waals surface area contributed by atoms with E-state index in [2.05, 4.69) is 44.5 Å². The molecule has 0 saturated heterocycles. The summed E-state index contributed by atoms with van der Waals surface area (Å²) in [5.41, 5.74) is 12.5. The minimum atomic E-state index is 0.716. The van der Waals surface area contributed by atoms with E-state index in [1.807, 2.05) is 0 Å². The smallest absolute Gasteiger partial charge is 0.0515 e. The summed E-state index contributed by atoms with van der Waals surface area (Å²) in [6.45, 7) is 7.26. The van der Waals surface area contributed by atoms with E-state index >= 15 is 0 Å². The molecule has 2 aromatic rings. The van der Waals surface area contributed by atoms with E-state index in [-0.39, 0.29) is 0 Å². The lowest BCUT2D eigenvalue weighted by Gasteiger charge is -2.04. The fourth-order valence-corrected chi connectivity index (χ4v) is 2.61. The third-order valence-corrected chi connectivity index (χ3v) is 3.56. The molecule has 0 atom stereocenters. The third-order valence-electron chi connectivity index (χ3n) is 3.56. The van der Waals surface area contributed by atoms with E-state index in [1.54, 1.807) is 0 Å². The predicted octanol–water partition coefficient (Wildman–Crippen LogP) is 2.60. The van der Waals surface area contributed by atoms with Crippen molar-refractivity contribution in [2.75, 3.05) is 6.54 Å². The second-order valence-electron chi connectivity index (χ2n) is 4.58. The van der Waals surface area contributed by atoms with Crippen LogP contribution in [0.15, 0.2) is 12.1 Å². The molecular weight excluding hydrogens is 196 g/mol. The molecule has 2 heteroatoms. The molecule has 2 nitrogen and oxygen atoms in total. The summed E-state index contributed by atoms with van der Waals surface area (Å²) >= 11 is 0. The quantitative estimate of drug-likeness (QED) is 0.822. The van der Waals surface area contributed by atoms with Crippen LogP contribution in [0, 0.1) is 20.8 Å². The average molecular weight is 216 g/mol. The molecule has 2 rings (SSSR count). The Balaban J connectivity index is 2.90. The molecule has 0 fully saturated rings. The Bertz CT molecular complexity index is 535. The largest absolute Gasteiger partial charge is 0.347 e. The fourth-order valence-electron chi connectivity index (χ4n) is 2.61. The maximum atomic E-state index is 5.71. The zero-order valence-electron chi connectivity index (χ0n) is 10.6. The van der Waals surface area contributed by atoms with E-state index in [0.717, 1.165) is 6.42 Å². The molecule has 0 radical (unpaired) electrons.